The minimum absolute atomic E-state index is 0.130. The summed E-state index contributed by atoms with van der Waals surface area (Å²) in [4.78, 5) is 23.2. The van der Waals surface area contributed by atoms with Crippen LogP contribution in [-0.2, 0) is 19.1 Å². The quantitative estimate of drug-likeness (QED) is 0.716. The van der Waals surface area contributed by atoms with Gasteiger partial charge in [-0.15, -0.1) is 0 Å². The number of hydrogen-bond donors (Lipinski definition) is 0. The van der Waals surface area contributed by atoms with Crippen molar-refractivity contribution in [3.8, 4) is 11.5 Å². The van der Waals surface area contributed by atoms with Crippen LogP contribution in [0.2, 0.25) is 0 Å². The van der Waals surface area contributed by atoms with E-state index < -0.39 is 11.9 Å². The van der Waals surface area contributed by atoms with Crippen molar-refractivity contribution >= 4 is 11.9 Å². The lowest BCUT2D eigenvalue weighted by Crippen LogP contribution is -2.16. The zero-order valence-corrected chi connectivity index (χ0v) is 12.7. The molecule has 21 heavy (non-hydrogen) atoms. The number of carbonyl (C=O) groups excluding carboxylic acids is 2. The summed E-state index contributed by atoms with van der Waals surface area (Å²) in [6, 6.07) is 5.17. The molecule has 0 saturated heterocycles. The Morgan fingerprint density at radius 1 is 1.00 bits per heavy atom. The summed E-state index contributed by atoms with van der Waals surface area (Å²) in [5.74, 6) is -0.260. The zero-order valence-electron chi connectivity index (χ0n) is 12.7. The van der Waals surface area contributed by atoms with Crippen LogP contribution in [0.5, 0.6) is 11.5 Å². The van der Waals surface area contributed by atoms with E-state index in [-0.39, 0.29) is 12.4 Å². The first-order chi connectivity index (χ1) is 10.1. The Hall–Kier alpha value is -2.24. The number of methoxy groups -OCH3 is 4. The maximum absolute atomic E-state index is 11.9. The first kappa shape index (κ1) is 16.8. The van der Waals surface area contributed by atoms with Crippen molar-refractivity contribution in [2.75, 3.05) is 28.4 Å². The third-order valence-corrected chi connectivity index (χ3v) is 3.16. The highest BCUT2D eigenvalue weighted by Crippen LogP contribution is 2.32. The van der Waals surface area contributed by atoms with Gasteiger partial charge >= 0.3 is 11.9 Å². The van der Waals surface area contributed by atoms with E-state index in [9.17, 15) is 9.59 Å². The molecule has 0 fully saturated rings. The van der Waals surface area contributed by atoms with Crippen molar-refractivity contribution in [1.82, 2.24) is 0 Å². The first-order valence-electron chi connectivity index (χ1n) is 6.43. The van der Waals surface area contributed by atoms with Gasteiger partial charge in [0.25, 0.3) is 0 Å². The van der Waals surface area contributed by atoms with E-state index in [2.05, 4.69) is 4.74 Å². The molecule has 0 aliphatic heterocycles. The van der Waals surface area contributed by atoms with Gasteiger partial charge in [-0.05, 0) is 24.1 Å². The van der Waals surface area contributed by atoms with Crippen molar-refractivity contribution in [2.45, 2.75) is 18.8 Å². The highest BCUT2D eigenvalue weighted by Gasteiger charge is 2.24. The van der Waals surface area contributed by atoms with Gasteiger partial charge in [-0.1, -0.05) is 6.07 Å². The van der Waals surface area contributed by atoms with Crippen LogP contribution in [0.3, 0.4) is 0 Å². The van der Waals surface area contributed by atoms with Crippen LogP contribution in [0.4, 0.5) is 0 Å². The van der Waals surface area contributed by atoms with E-state index in [4.69, 9.17) is 14.2 Å². The molecule has 1 aromatic carbocycles. The molecule has 0 unspecified atom stereocenters. The standard InChI is InChI=1S/C15H20O6/c1-18-12-7-5-10(9-13(12)19-2)11(15(17)21-4)6-8-14(16)20-3/h5,7,9,11H,6,8H2,1-4H3/t11-/m0/s1. The molecule has 0 bridgehead atoms. The van der Waals surface area contributed by atoms with Gasteiger partial charge in [-0.3, -0.25) is 9.59 Å². The van der Waals surface area contributed by atoms with Crippen LogP contribution in [-0.4, -0.2) is 40.4 Å². The molecule has 0 aliphatic carbocycles. The largest absolute Gasteiger partial charge is 0.493 e. The molecule has 0 aliphatic rings. The highest BCUT2D eigenvalue weighted by atomic mass is 16.5. The average molecular weight is 296 g/mol. The van der Waals surface area contributed by atoms with Crippen LogP contribution in [0, 0.1) is 0 Å². The fraction of sp³-hybridized carbons (Fsp3) is 0.467. The molecule has 0 amide bonds. The fourth-order valence-corrected chi connectivity index (χ4v) is 2.00. The Morgan fingerprint density at radius 3 is 2.19 bits per heavy atom. The molecule has 6 nitrogen and oxygen atoms in total. The summed E-state index contributed by atoms with van der Waals surface area (Å²) in [6.07, 6.45) is 0.430. The normalized spacial score (nSPS) is 11.4. The smallest absolute Gasteiger partial charge is 0.313 e. The Balaban J connectivity index is 3.02. The van der Waals surface area contributed by atoms with Crippen molar-refractivity contribution in [3.63, 3.8) is 0 Å². The van der Waals surface area contributed by atoms with Gasteiger partial charge in [-0.2, -0.15) is 0 Å². The number of esters is 2. The first-order valence-corrected chi connectivity index (χ1v) is 6.43. The second kappa shape index (κ2) is 8.14. The molecule has 0 aromatic heterocycles. The molecule has 116 valence electrons. The summed E-state index contributed by atoms with van der Waals surface area (Å²) >= 11 is 0. The molecule has 1 atom stereocenters. The Kier molecular flexibility index (Phi) is 6.52. The van der Waals surface area contributed by atoms with Crippen LogP contribution < -0.4 is 9.47 Å². The van der Waals surface area contributed by atoms with E-state index in [1.165, 1.54) is 28.4 Å². The summed E-state index contributed by atoms with van der Waals surface area (Å²) in [6.45, 7) is 0. The third kappa shape index (κ3) is 4.37. The molecular weight excluding hydrogens is 276 g/mol. The maximum atomic E-state index is 11.9. The van der Waals surface area contributed by atoms with Crippen LogP contribution >= 0.6 is 0 Å². The fourth-order valence-electron chi connectivity index (χ4n) is 2.00. The maximum Gasteiger partial charge on any atom is 0.313 e. The number of rotatable bonds is 7. The zero-order chi connectivity index (χ0) is 15.8. The number of ether oxygens (including phenoxy) is 4. The molecule has 1 aromatic rings. The number of hydrogen-bond acceptors (Lipinski definition) is 6. The van der Waals surface area contributed by atoms with Crippen LogP contribution in [0.15, 0.2) is 18.2 Å². The topological polar surface area (TPSA) is 71.1 Å². The van der Waals surface area contributed by atoms with Crippen molar-refractivity contribution in [1.29, 1.82) is 0 Å². The number of carbonyl (C=O) groups is 2. The molecule has 0 saturated carbocycles. The van der Waals surface area contributed by atoms with Crippen molar-refractivity contribution in [2.24, 2.45) is 0 Å². The van der Waals surface area contributed by atoms with Crippen molar-refractivity contribution in [3.05, 3.63) is 23.8 Å². The lowest BCUT2D eigenvalue weighted by molar-refractivity contribution is -0.143. The second-order valence-corrected chi connectivity index (χ2v) is 4.30. The van der Waals surface area contributed by atoms with E-state index in [1.54, 1.807) is 18.2 Å². The summed E-state index contributed by atoms with van der Waals surface area (Å²) in [7, 11) is 5.68. The SMILES string of the molecule is COC(=O)CC[C@H](C(=O)OC)c1ccc(OC)c(OC)c1. The average Bonchev–Trinajstić information content (AvgIpc) is 2.53. The summed E-state index contributed by atoms with van der Waals surface area (Å²) < 4.78 is 19.8. The predicted octanol–water partition coefficient (Wildman–Crippen LogP) is 1.91. The minimum Gasteiger partial charge on any atom is -0.493 e. The highest BCUT2D eigenvalue weighted by molar-refractivity contribution is 5.79. The van der Waals surface area contributed by atoms with Crippen LogP contribution in [0.25, 0.3) is 0 Å². The van der Waals surface area contributed by atoms with E-state index in [0.717, 1.165) is 0 Å². The Bertz CT molecular complexity index is 497. The predicted molar refractivity (Wildman–Crippen MR) is 75.6 cm³/mol. The van der Waals surface area contributed by atoms with E-state index >= 15 is 0 Å². The van der Waals surface area contributed by atoms with Gasteiger partial charge in [0.15, 0.2) is 11.5 Å². The van der Waals surface area contributed by atoms with Gasteiger partial charge in [0, 0.05) is 6.42 Å². The second-order valence-electron chi connectivity index (χ2n) is 4.30. The van der Waals surface area contributed by atoms with E-state index in [1.807, 2.05) is 0 Å². The van der Waals surface area contributed by atoms with Gasteiger partial charge in [0.05, 0.1) is 34.4 Å². The molecule has 1 rings (SSSR count). The molecule has 6 heteroatoms. The van der Waals surface area contributed by atoms with Gasteiger partial charge in [0.2, 0.25) is 0 Å². The summed E-state index contributed by atoms with van der Waals surface area (Å²) in [5.41, 5.74) is 0.698. The minimum atomic E-state index is -0.561. The Labute approximate surface area is 123 Å². The number of benzene rings is 1. The third-order valence-electron chi connectivity index (χ3n) is 3.16. The van der Waals surface area contributed by atoms with E-state index in [0.29, 0.717) is 23.5 Å². The van der Waals surface area contributed by atoms with Crippen molar-refractivity contribution < 1.29 is 28.5 Å². The lowest BCUT2D eigenvalue weighted by Gasteiger charge is -2.16. The lowest BCUT2D eigenvalue weighted by atomic mass is 9.94. The molecule has 0 heterocycles. The molecule has 0 N–H and O–H groups in total. The van der Waals surface area contributed by atoms with Gasteiger partial charge in [-0.25, -0.2) is 0 Å². The van der Waals surface area contributed by atoms with Crippen LogP contribution in [0.1, 0.15) is 24.3 Å². The van der Waals surface area contributed by atoms with Gasteiger partial charge < -0.3 is 18.9 Å². The monoisotopic (exact) mass is 296 g/mol. The molecule has 0 radical (unpaired) electrons. The Morgan fingerprint density at radius 2 is 1.67 bits per heavy atom. The van der Waals surface area contributed by atoms with Gasteiger partial charge in [0.1, 0.15) is 0 Å². The summed E-state index contributed by atoms with van der Waals surface area (Å²) in [5, 5.41) is 0. The molecule has 0 spiro atoms. The molecular formula is C15H20O6.